The number of aliphatic carboxylic acids is 1. The Morgan fingerprint density at radius 2 is 1.78 bits per heavy atom. The molecule has 0 bridgehead atoms. The quantitative estimate of drug-likeness (QED) is 0.0591. The number of hydrogen-bond donors (Lipinski definition) is 9. The number of para-hydroxylation sites is 1. The predicted molar refractivity (Wildman–Crippen MR) is 203 cm³/mol. The van der Waals surface area contributed by atoms with E-state index in [1.54, 1.807) is 30.5 Å². The van der Waals surface area contributed by atoms with Crippen molar-refractivity contribution in [3.05, 3.63) is 111 Å². The smallest absolute Gasteiger partial charge is 0.331 e. The number of H-pyrrole nitrogens is 2. The maximum absolute atomic E-state index is 13.8. The van der Waals surface area contributed by atoms with Crippen LogP contribution < -0.4 is 43.4 Å². The molecule has 5 amide bonds. The third-order valence-corrected chi connectivity index (χ3v) is 9.71. The molecule has 20 heteroatoms. The number of fused-ring (bicyclic) bond motifs is 1. The predicted octanol–water partition coefficient (Wildman–Crippen LogP) is -2.81. The van der Waals surface area contributed by atoms with Gasteiger partial charge in [0.1, 0.15) is 29.7 Å². The zero-order valence-corrected chi connectivity index (χ0v) is 31.8. The van der Waals surface area contributed by atoms with Crippen molar-refractivity contribution < 1.29 is 49.8 Å². The van der Waals surface area contributed by atoms with Crippen molar-refractivity contribution in [2.24, 2.45) is 0 Å². The molecule has 3 heterocycles. The SMILES string of the molecule is C[C@H](NC(=O)N[C@@H](Cc1c[nH]c2ccccc12)C(=O)[O-])C(=O)N[C@H](C(=O)N/C=C1/C[C@@H](O)[C@H](n2ccc(=O)[nH]c2=O)O1)[C@H](C)N(C)C(=O)[C@@H]([NH3+])Cc1cccc(O)c1. The summed E-state index contributed by atoms with van der Waals surface area (Å²) in [4.78, 5) is 96.0. The summed E-state index contributed by atoms with van der Waals surface area (Å²) in [5.41, 5.74) is 4.47. The number of likely N-dealkylation sites (N-methyl/N-ethyl adjacent to an activating group) is 1. The summed E-state index contributed by atoms with van der Waals surface area (Å²) >= 11 is 0. The summed E-state index contributed by atoms with van der Waals surface area (Å²) in [6.07, 6.45) is 1.26. The number of phenols is 1. The lowest BCUT2D eigenvalue weighted by molar-refractivity contribution is -0.405. The molecule has 58 heavy (non-hydrogen) atoms. The Kier molecular flexibility index (Phi) is 13.4. The fourth-order valence-corrected chi connectivity index (χ4v) is 6.42. The number of amides is 5. The molecular formula is C38H45N9O11. The van der Waals surface area contributed by atoms with Crippen LogP contribution in [0.5, 0.6) is 5.75 Å². The molecule has 0 aliphatic carbocycles. The van der Waals surface area contributed by atoms with Gasteiger partial charge in [0.05, 0.1) is 18.1 Å². The standard InChI is InChI=1S/C38H45N9O11/c1-19(42-37(56)43-28(36(54)55)15-22-17-40-27-10-5-4-9-25(22)27)32(51)45-31(20(2)46(3)34(53)26(39)14-21-7-6-8-23(48)13-21)33(52)41-18-24-16-29(49)35(58-24)47-12-11-30(50)44-38(47)57/h4-13,17-20,26,28-29,31,35,40,48-49H,14-16,39H2,1-3H3,(H,41,52)(H,45,51)(H,54,55)(H2,42,43,56)(H,44,50,57)/b24-18-/t19-,20-,26-,28-,29+,31-,35+/m0/s1. The van der Waals surface area contributed by atoms with Crippen molar-refractivity contribution >= 4 is 40.6 Å². The monoisotopic (exact) mass is 803 g/mol. The summed E-state index contributed by atoms with van der Waals surface area (Å²) in [6, 6.07) is 7.31. The van der Waals surface area contributed by atoms with E-state index >= 15 is 0 Å². The summed E-state index contributed by atoms with van der Waals surface area (Å²) in [6.45, 7) is 2.79. The van der Waals surface area contributed by atoms with E-state index in [0.717, 1.165) is 33.9 Å². The number of aromatic amines is 2. The molecule has 7 atom stereocenters. The number of urea groups is 1. The number of aliphatic hydroxyl groups is 1. The van der Waals surface area contributed by atoms with E-state index in [1.807, 2.05) is 12.1 Å². The Labute approximate surface area is 330 Å². The topological polar surface area (TPSA) is 308 Å². The minimum atomic E-state index is -1.56. The van der Waals surface area contributed by atoms with Gasteiger partial charge < -0.3 is 61.7 Å². The maximum Gasteiger partial charge on any atom is 0.331 e. The fourth-order valence-electron chi connectivity index (χ4n) is 6.42. The number of carbonyl (C=O) groups is 5. The van der Waals surface area contributed by atoms with Crippen molar-refractivity contribution in [2.45, 2.75) is 75.7 Å². The molecule has 1 saturated heterocycles. The van der Waals surface area contributed by atoms with E-state index in [1.165, 1.54) is 37.9 Å². The average Bonchev–Trinajstić information content (AvgIpc) is 3.76. The third kappa shape index (κ3) is 10.3. The minimum Gasteiger partial charge on any atom is -0.548 e. The molecule has 20 nitrogen and oxygen atoms in total. The lowest BCUT2D eigenvalue weighted by Gasteiger charge is -2.33. The van der Waals surface area contributed by atoms with Crippen LogP contribution >= 0.6 is 0 Å². The maximum atomic E-state index is 13.8. The highest BCUT2D eigenvalue weighted by molar-refractivity contribution is 5.93. The number of nitrogens with zero attached hydrogens (tertiary/aromatic N) is 2. The Bertz CT molecular complexity index is 2320. The van der Waals surface area contributed by atoms with Crippen molar-refractivity contribution in [3.8, 4) is 5.75 Å². The molecule has 1 aliphatic rings. The van der Waals surface area contributed by atoms with Gasteiger partial charge in [0.25, 0.3) is 11.5 Å². The van der Waals surface area contributed by atoms with Crippen LogP contribution in [0.2, 0.25) is 0 Å². The van der Waals surface area contributed by atoms with E-state index in [9.17, 15) is 48.9 Å². The van der Waals surface area contributed by atoms with Gasteiger partial charge in [-0.05, 0) is 43.2 Å². The number of nitrogens with one attached hydrogen (secondary N) is 6. The van der Waals surface area contributed by atoms with Gasteiger partial charge in [-0.15, -0.1) is 0 Å². The fraction of sp³-hybridized carbons (Fsp3) is 0.342. The molecule has 2 aromatic carbocycles. The molecule has 4 aromatic rings. The number of phenolic OH excluding ortho intramolecular Hbond substituents is 1. The van der Waals surface area contributed by atoms with Crippen LogP contribution in [0, 0.1) is 0 Å². The van der Waals surface area contributed by atoms with Crippen LogP contribution in [0.1, 0.15) is 37.6 Å². The molecule has 2 aromatic heterocycles. The van der Waals surface area contributed by atoms with Gasteiger partial charge in [0, 0.05) is 61.9 Å². The van der Waals surface area contributed by atoms with Crippen LogP contribution in [-0.2, 0) is 36.8 Å². The Hall–Kier alpha value is -6.93. The lowest BCUT2D eigenvalue weighted by Crippen LogP contribution is -2.70. The summed E-state index contributed by atoms with van der Waals surface area (Å²) in [5.74, 6) is -3.76. The van der Waals surface area contributed by atoms with Crippen LogP contribution in [-0.4, -0.2) is 103 Å². The second kappa shape index (κ2) is 18.3. The van der Waals surface area contributed by atoms with Crippen LogP contribution in [0.15, 0.2) is 88.5 Å². The van der Waals surface area contributed by atoms with Crippen LogP contribution in [0.25, 0.3) is 10.9 Å². The number of carbonyl (C=O) groups excluding carboxylic acids is 5. The Morgan fingerprint density at radius 1 is 1.03 bits per heavy atom. The molecule has 5 rings (SSSR count). The van der Waals surface area contributed by atoms with E-state index in [4.69, 9.17) is 4.74 Å². The number of aliphatic hydroxyl groups excluding tert-OH is 1. The van der Waals surface area contributed by atoms with Crippen molar-refractivity contribution in [1.29, 1.82) is 0 Å². The van der Waals surface area contributed by atoms with Crippen molar-refractivity contribution in [3.63, 3.8) is 0 Å². The first kappa shape index (κ1) is 42.2. The normalized spacial score (nSPS) is 18.3. The van der Waals surface area contributed by atoms with Crippen LogP contribution in [0.4, 0.5) is 4.79 Å². The molecule has 1 aliphatic heterocycles. The largest absolute Gasteiger partial charge is 0.548 e. The summed E-state index contributed by atoms with van der Waals surface area (Å²) in [5, 5.41) is 42.9. The van der Waals surface area contributed by atoms with Crippen molar-refractivity contribution in [1.82, 2.24) is 40.7 Å². The molecule has 0 saturated carbocycles. The number of aromatic hydroxyl groups is 1. The zero-order chi connectivity index (χ0) is 42.3. The molecule has 0 unspecified atom stereocenters. The van der Waals surface area contributed by atoms with Gasteiger partial charge in [-0.1, -0.05) is 30.3 Å². The van der Waals surface area contributed by atoms with Gasteiger partial charge in [0.2, 0.25) is 18.0 Å². The highest BCUT2D eigenvalue weighted by Crippen LogP contribution is 2.30. The molecule has 308 valence electrons. The van der Waals surface area contributed by atoms with Gasteiger partial charge in [-0.2, -0.15) is 0 Å². The first-order valence-electron chi connectivity index (χ1n) is 18.2. The first-order chi connectivity index (χ1) is 27.5. The number of quaternary nitrogens is 1. The second-order valence-corrected chi connectivity index (χ2v) is 13.9. The summed E-state index contributed by atoms with van der Waals surface area (Å²) in [7, 11) is 1.41. The van der Waals surface area contributed by atoms with Crippen LogP contribution in [0.3, 0.4) is 0 Å². The third-order valence-electron chi connectivity index (χ3n) is 9.71. The number of hydrogen-bond acceptors (Lipinski definition) is 11. The lowest BCUT2D eigenvalue weighted by atomic mass is 10.0. The van der Waals surface area contributed by atoms with Crippen molar-refractivity contribution in [2.75, 3.05) is 7.05 Å². The number of aromatic nitrogens is 3. The zero-order valence-electron chi connectivity index (χ0n) is 31.8. The number of rotatable bonds is 15. The van der Waals surface area contributed by atoms with Gasteiger partial charge >= 0.3 is 11.7 Å². The molecule has 0 radical (unpaired) electrons. The number of benzene rings is 2. The number of carboxylic acids is 1. The molecule has 0 spiro atoms. The number of ether oxygens (including phenoxy) is 1. The molecule has 1 fully saturated rings. The highest BCUT2D eigenvalue weighted by atomic mass is 16.5. The van der Waals surface area contributed by atoms with Gasteiger partial charge in [-0.3, -0.25) is 28.7 Å². The number of carboxylic acid groups (broad SMARTS) is 1. The first-order valence-corrected chi connectivity index (χ1v) is 18.2. The summed E-state index contributed by atoms with van der Waals surface area (Å²) < 4.78 is 6.64. The highest BCUT2D eigenvalue weighted by Gasteiger charge is 2.37. The van der Waals surface area contributed by atoms with Gasteiger partial charge in [0.15, 0.2) is 6.04 Å². The average molecular weight is 804 g/mol. The molecule has 11 N–H and O–H groups in total. The Balaban J connectivity index is 1.29. The van der Waals surface area contributed by atoms with Gasteiger partial charge in [-0.25, -0.2) is 9.59 Å². The molecular weight excluding hydrogens is 758 g/mol. The van der Waals surface area contributed by atoms with E-state index < -0.39 is 83.5 Å². The minimum absolute atomic E-state index is 0.00382. The second-order valence-electron chi connectivity index (χ2n) is 13.9. The van der Waals surface area contributed by atoms with E-state index in [-0.39, 0.29) is 30.8 Å². The Morgan fingerprint density at radius 3 is 2.48 bits per heavy atom. The van der Waals surface area contributed by atoms with E-state index in [0.29, 0.717) is 11.1 Å². The van der Waals surface area contributed by atoms with E-state index in [2.05, 4.69) is 37.0 Å².